The van der Waals surface area contributed by atoms with E-state index in [1.807, 2.05) is 11.4 Å². The van der Waals surface area contributed by atoms with E-state index < -0.39 is 0 Å². The van der Waals surface area contributed by atoms with E-state index in [0.717, 1.165) is 0 Å². The molecule has 0 aliphatic rings. The fourth-order valence-corrected chi connectivity index (χ4v) is 2.72. The van der Waals surface area contributed by atoms with Crippen LogP contribution in [0.4, 0.5) is 5.69 Å². The first-order valence-corrected chi connectivity index (χ1v) is 6.89. The number of nitrogen functional groups attached to an aromatic ring is 1. The lowest BCUT2D eigenvalue weighted by Gasteiger charge is -2.23. The minimum absolute atomic E-state index is 0.100. The maximum absolute atomic E-state index is 12.1. The quantitative estimate of drug-likeness (QED) is 0.895. The molecule has 0 aliphatic carbocycles. The summed E-state index contributed by atoms with van der Waals surface area (Å²) in [6, 6.07) is 4.10. The number of thiophene rings is 1. The highest BCUT2D eigenvalue weighted by molar-refractivity contribution is 7.10. The number of carbonyl (C=O) groups excluding carboxylic acids is 1. The van der Waals surface area contributed by atoms with Crippen molar-refractivity contribution in [2.45, 2.75) is 19.3 Å². The third-order valence-electron chi connectivity index (χ3n) is 3.06. The highest BCUT2D eigenvalue weighted by Gasteiger charge is 2.24. The second-order valence-electron chi connectivity index (χ2n) is 5.12. The van der Waals surface area contributed by atoms with Crippen LogP contribution in [0.25, 0.3) is 0 Å². The summed E-state index contributed by atoms with van der Waals surface area (Å²) in [5, 5.41) is 8.93. The average Bonchev–Trinajstić information content (AvgIpc) is 2.97. The number of carbonyl (C=O) groups is 1. The van der Waals surface area contributed by atoms with Gasteiger partial charge >= 0.3 is 0 Å². The van der Waals surface area contributed by atoms with Gasteiger partial charge in [-0.3, -0.25) is 9.48 Å². The lowest BCUT2D eigenvalue weighted by atomic mass is 9.91. The fraction of sp³-hybridized carbons (Fsp3) is 0.385. The fourth-order valence-electron chi connectivity index (χ4n) is 1.87. The van der Waals surface area contributed by atoms with Gasteiger partial charge < -0.3 is 11.1 Å². The average molecular weight is 278 g/mol. The van der Waals surface area contributed by atoms with Gasteiger partial charge in [-0.2, -0.15) is 5.10 Å². The Morgan fingerprint density at radius 1 is 1.58 bits per heavy atom. The molecule has 0 radical (unpaired) electrons. The van der Waals surface area contributed by atoms with Crippen LogP contribution in [-0.4, -0.2) is 22.2 Å². The molecule has 3 N–H and O–H groups in total. The molecule has 0 bridgehead atoms. The third-order valence-corrected chi connectivity index (χ3v) is 4.30. The summed E-state index contributed by atoms with van der Waals surface area (Å²) in [6.45, 7) is 4.76. The number of nitrogens with one attached hydrogen (secondary N) is 1. The van der Waals surface area contributed by atoms with E-state index in [0.29, 0.717) is 17.9 Å². The Hall–Kier alpha value is -1.82. The molecule has 0 aliphatic heterocycles. The predicted octanol–water partition coefficient (Wildman–Crippen LogP) is 1.77. The topological polar surface area (TPSA) is 72.9 Å². The van der Waals surface area contributed by atoms with E-state index in [9.17, 15) is 4.79 Å². The van der Waals surface area contributed by atoms with E-state index in [2.05, 4.69) is 30.3 Å². The van der Waals surface area contributed by atoms with Gasteiger partial charge in [0.15, 0.2) is 0 Å². The monoisotopic (exact) mass is 278 g/mol. The molecule has 2 aromatic rings. The van der Waals surface area contributed by atoms with Crippen molar-refractivity contribution < 1.29 is 4.79 Å². The van der Waals surface area contributed by atoms with Crippen LogP contribution in [0, 0.1) is 0 Å². The van der Waals surface area contributed by atoms with Crippen molar-refractivity contribution in [3.8, 4) is 0 Å². The second-order valence-corrected chi connectivity index (χ2v) is 6.06. The van der Waals surface area contributed by atoms with Crippen LogP contribution in [0.1, 0.15) is 29.2 Å². The highest BCUT2D eigenvalue weighted by atomic mass is 32.1. The molecule has 0 aromatic carbocycles. The van der Waals surface area contributed by atoms with Crippen LogP contribution < -0.4 is 11.1 Å². The number of hydrogen-bond donors (Lipinski definition) is 2. The maximum Gasteiger partial charge on any atom is 0.271 e. The predicted molar refractivity (Wildman–Crippen MR) is 77.3 cm³/mol. The Kier molecular flexibility index (Phi) is 3.61. The molecule has 6 heteroatoms. The van der Waals surface area contributed by atoms with E-state index in [1.165, 1.54) is 15.8 Å². The van der Waals surface area contributed by atoms with E-state index in [-0.39, 0.29) is 11.3 Å². The summed E-state index contributed by atoms with van der Waals surface area (Å²) in [5.74, 6) is -0.192. The molecule has 0 fully saturated rings. The maximum atomic E-state index is 12.1. The molecule has 102 valence electrons. The largest absolute Gasteiger partial charge is 0.396 e. The Balaban J connectivity index is 2.05. The first-order chi connectivity index (χ1) is 8.92. The highest BCUT2D eigenvalue weighted by Crippen LogP contribution is 2.26. The lowest BCUT2D eigenvalue weighted by Crippen LogP contribution is -2.37. The van der Waals surface area contributed by atoms with Gasteiger partial charge in [-0.1, -0.05) is 19.9 Å². The summed E-state index contributed by atoms with van der Waals surface area (Å²) >= 11 is 1.69. The number of amides is 1. The van der Waals surface area contributed by atoms with Crippen LogP contribution in [-0.2, 0) is 12.5 Å². The zero-order chi connectivity index (χ0) is 14.0. The van der Waals surface area contributed by atoms with Gasteiger partial charge in [-0.25, -0.2) is 0 Å². The molecule has 0 spiro atoms. The second kappa shape index (κ2) is 5.05. The van der Waals surface area contributed by atoms with Crippen molar-refractivity contribution in [2.75, 3.05) is 12.3 Å². The Labute approximate surface area is 116 Å². The first kappa shape index (κ1) is 13.6. The van der Waals surface area contributed by atoms with Crippen LogP contribution in [0.2, 0.25) is 0 Å². The van der Waals surface area contributed by atoms with Gasteiger partial charge in [0.05, 0.1) is 11.9 Å². The number of aryl methyl sites for hydroxylation is 1. The van der Waals surface area contributed by atoms with Gasteiger partial charge in [0.2, 0.25) is 0 Å². The number of anilines is 1. The van der Waals surface area contributed by atoms with Crippen molar-refractivity contribution >= 4 is 22.9 Å². The molecule has 2 aromatic heterocycles. The zero-order valence-corrected chi connectivity index (χ0v) is 12.1. The van der Waals surface area contributed by atoms with Crippen LogP contribution in [0.15, 0.2) is 23.7 Å². The molecule has 5 nitrogen and oxygen atoms in total. The Morgan fingerprint density at radius 3 is 2.84 bits per heavy atom. The molecule has 1 amide bonds. The normalized spacial score (nSPS) is 11.5. The van der Waals surface area contributed by atoms with Gasteiger partial charge in [-0.15, -0.1) is 11.3 Å². The van der Waals surface area contributed by atoms with Crippen LogP contribution >= 0.6 is 11.3 Å². The van der Waals surface area contributed by atoms with Gasteiger partial charge in [0, 0.05) is 23.9 Å². The summed E-state index contributed by atoms with van der Waals surface area (Å²) in [5.41, 5.74) is 6.44. The van der Waals surface area contributed by atoms with E-state index in [1.54, 1.807) is 18.4 Å². The molecule has 2 heterocycles. The number of rotatable bonds is 4. The third kappa shape index (κ3) is 2.78. The van der Waals surface area contributed by atoms with Gasteiger partial charge in [-0.05, 0) is 11.4 Å². The molecular weight excluding hydrogens is 260 g/mol. The van der Waals surface area contributed by atoms with E-state index >= 15 is 0 Å². The molecule has 0 saturated heterocycles. The van der Waals surface area contributed by atoms with Crippen molar-refractivity contribution in [2.24, 2.45) is 7.05 Å². The summed E-state index contributed by atoms with van der Waals surface area (Å²) < 4.78 is 1.49. The zero-order valence-electron chi connectivity index (χ0n) is 11.3. The number of nitrogens with zero attached hydrogens (tertiary/aromatic N) is 2. The van der Waals surface area contributed by atoms with Crippen LogP contribution in [0.5, 0.6) is 0 Å². The first-order valence-electron chi connectivity index (χ1n) is 6.01. The number of aromatic nitrogens is 2. The van der Waals surface area contributed by atoms with Gasteiger partial charge in [0.1, 0.15) is 5.69 Å². The summed E-state index contributed by atoms with van der Waals surface area (Å²) in [4.78, 5) is 13.4. The smallest absolute Gasteiger partial charge is 0.271 e. The van der Waals surface area contributed by atoms with Crippen molar-refractivity contribution in [3.63, 3.8) is 0 Å². The van der Waals surface area contributed by atoms with Crippen LogP contribution in [0.3, 0.4) is 0 Å². The lowest BCUT2D eigenvalue weighted by molar-refractivity contribution is 0.0937. The molecule has 0 saturated carbocycles. The van der Waals surface area contributed by atoms with Crippen molar-refractivity contribution in [3.05, 3.63) is 34.3 Å². The SMILES string of the molecule is Cn1ncc(N)c1C(=O)NCC(C)(C)c1cccs1. The molecular formula is C13H18N4OS. The number of nitrogens with two attached hydrogens (primary N) is 1. The molecule has 19 heavy (non-hydrogen) atoms. The van der Waals surface area contributed by atoms with E-state index in [4.69, 9.17) is 5.73 Å². The van der Waals surface area contributed by atoms with Gasteiger partial charge in [0.25, 0.3) is 5.91 Å². The summed E-state index contributed by atoms with van der Waals surface area (Å²) in [7, 11) is 1.70. The summed E-state index contributed by atoms with van der Waals surface area (Å²) in [6.07, 6.45) is 1.49. The minimum atomic E-state index is -0.192. The molecule has 0 atom stereocenters. The number of hydrogen-bond acceptors (Lipinski definition) is 4. The Bertz CT molecular complexity index is 552. The molecule has 0 unspecified atom stereocenters. The Morgan fingerprint density at radius 2 is 2.32 bits per heavy atom. The molecule has 2 rings (SSSR count). The van der Waals surface area contributed by atoms with Crippen molar-refractivity contribution in [1.29, 1.82) is 0 Å². The minimum Gasteiger partial charge on any atom is -0.396 e. The standard InChI is InChI=1S/C13H18N4OS/c1-13(2,10-5-4-6-19-10)8-15-12(18)11-9(14)7-16-17(11)3/h4-7H,8,14H2,1-3H3,(H,15,18). The van der Waals surface area contributed by atoms with Crippen molar-refractivity contribution in [1.82, 2.24) is 15.1 Å².